The van der Waals surface area contributed by atoms with Crippen LogP contribution in [0.5, 0.6) is 0 Å². The molecule has 4 heteroatoms. The second kappa shape index (κ2) is 5.68. The summed E-state index contributed by atoms with van der Waals surface area (Å²) in [6.07, 6.45) is 4.55. The molecule has 3 rings (SSSR count). The van der Waals surface area contributed by atoms with Crippen LogP contribution >= 0.6 is 11.6 Å². The average molecular weight is 280 g/mol. The number of halogens is 1. The lowest BCUT2D eigenvalue weighted by Gasteiger charge is -2.32. The standard InChI is InChI=1S/C15H22ClN3/c1-11-4-8-19(9-5-11)15-13(16)10-12-2-6-17-7-3-14(12)18-15/h10-11,17H,2-9H2,1H3. The molecule has 3 nitrogen and oxygen atoms in total. The zero-order chi connectivity index (χ0) is 13.2. The Balaban J connectivity index is 1.87. The van der Waals surface area contributed by atoms with Gasteiger partial charge in [-0.25, -0.2) is 4.98 Å². The third-order valence-corrected chi connectivity index (χ3v) is 4.60. The van der Waals surface area contributed by atoms with E-state index in [1.165, 1.54) is 24.1 Å². The number of hydrogen-bond donors (Lipinski definition) is 1. The molecule has 2 aliphatic heterocycles. The summed E-state index contributed by atoms with van der Waals surface area (Å²) in [5, 5.41) is 4.25. The lowest BCUT2D eigenvalue weighted by Crippen LogP contribution is -2.33. The van der Waals surface area contributed by atoms with Crippen LogP contribution in [0.1, 0.15) is 31.0 Å². The number of pyridine rings is 1. The van der Waals surface area contributed by atoms with Crippen LogP contribution < -0.4 is 10.2 Å². The van der Waals surface area contributed by atoms with Gasteiger partial charge in [0, 0.05) is 31.7 Å². The van der Waals surface area contributed by atoms with Gasteiger partial charge in [0.05, 0.1) is 5.02 Å². The average Bonchev–Trinajstić information content (AvgIpc) is 2.63. The molecule has 0 unspecified atom stereocenters. The summed E-state index contributed by atoms with van der Waals surface area (Å²) >= 11 is 6.46. The highest BCUT2D eigenvalue weighted by atomic mass is 35.5. The largest absolute Gasteiger partial charge is 0.355 e. The molecule has 2 aliphatic rings. The topological polar surface area (TPSA) is 28.2 Å². The van der Waals surface area contributed by atoms with E-state index in [2.05, 4.69) is 23.2 Å². The molecule has 0 amide bonds. The molecule has 0 radical (unpaired) electrons. The molecule has 0 bridgehead atoms. The zero-order valence-electron chi connectivity index (χ0n) is 11.6. The summed E-state index contributed by atoms with van der Waals surface area (Å²) in [6.45, 7) is 6.56. The Hall–Kier alpha value is -0.800. The number of nitrogens with zero attached hydrogens (tertiary/aromatic N) is 2. The SMILES string of the molecule is CC1CCN(c2nc3c(cc2Cl)CCNCC3)CC1. The summed E-state index contributed by atoms with van der Waals surface area (Å²) < 4.78 is 0. The van der Waals surface area contributed by atoms with Gasteiger partial charge in [-0.2, -0.15) is 0 Å². The van der Waals surface area contributed by atoms with Crippen molar-refractivity contribution >= 4 is 17.4 Å². The maximum atomic E-state index is 6.46. The minimum absolute atomic E-state index is 0.829. The zero-order valence-corrected chi connectivity index (χ0v) is 12.3. The quantitative estimate of drug-likeness (QED) is 0.857. The van der Waals surface area contributed by atoms with Crippen molar-refractivity contribution in [3.63, 3.8) is 0 Å². The van der Waals surface area contributed by atoms with E-state index in [4.69, 9.17) is 16.6 Å². The van der Waals surface area contributed by atoms with Crippen LogP contribution in [0.4, 0.5) is 5.82 Å². The van der Waals surface area contributed by atoms with E-state index < -0.39 is 0 Å². The van der Waals surface area contributed by atoms with Crippen molar-refractivity contribution in [2.45, 2.75) is 32.6 Å². The van der Waals surface area contributed by atoms with Gasteiger partial charge in [0.2, 0.25) is 0 Å². The number of anilines is 1. The number of rotatable bonds is 1. The van der Waals surface area contributed by atoms with Crippen LogP contribution in [0.2, 0.25) is 5.02 Å². The highest BCUT2D eigenvalue weighted by molar-refractivity contribution is 6.33. The number of aromatic nitrogens is 1. The Morgan fingerprint density at radius 2 is 2.00 bits per heavy atom. The molecular weight excluding hydrogens is 258 g/mol. The van der Waals surface area contributed by atoms with Crippen molar-refractivity contribution in [3.05, 3.63) is 22.3 Å². The van der Waals surface area contributed by atoms with Crippen molar-refractivity contribution in [1.29, 1.82) is 0 Å². The van der Waals surface area contributed by atoms with E-state index in [9.17, 15) is 0 Å². The summed E-state index contributed by atoms with van der Waals surface area (Å²) in [7, 11) is 0. The first kappa shape index (κ1) is 13.2. The number of nitrogens with one attached hydrogen (secondary N) is 1. The van der Waals surface area contributed by atoms with Gasteiger partial charge in [-0.15, -0.1) is 0 Å². The van der Waals surface area contributed by atoms with Crippen molar-refractivity contribution < 1.29 is 0 Å². The molecule has 0 aliphatic carbocycles. The Kier molecular flexibility index (Phi) is 3.94. The molecule has 0 atom stereocenters. The van der Waals surface area contributed by atoms with Crippen molar-refractivity contribution in [2.75, 3.05) is 31.1 Å². The van der Waals surface area contributed by atoms with Gasteiger partial charge in [0.15, 0.2) is 0 Å². The van der Waals surface area contributed by atoms with E-state index in [1.807, 2.05) is 0 Å². The maximum Gasteiger partial charge on any atom is 0.147 e. The van der Waals surface area contributed by atoms with Crippen LogP contribution in [0.25, 0.3) is 0 Å². The first-order chi connectivity index (χ1) is 9.24. The van der Waals surface area contributed by atoms with Crippen LogP contribution in [0.3, 0.4) is 0 Å². The molecule has 0 aromatic carbocycles. The van der Waals surface area contributed by atoms with Gasteiger partial charge in [-0.3, -0.25) is 0 Å². The molecule has 1 N–H and O–H groups in total. The third-order valence-electron chi connectivity index (χ3n) is 4.32. The highest BCUT2D eigenvalue weighted by Crippen LogP contribution is 2.30. The molecule has 1 saturated heterocycles. The predicted octanol–water partition coefficient (Wildman–Crippen LogP) is 2.66. The van der Waals surface area contributed by atoms with Gasteiger partial charge in [0.25, 0.3) is 0 Å². The van der Waals surface area contributed by atoms with Crippen LogP contribution in [0.15, 0.2) is 6.07 Å². The first-order valence-corrected chi connectivity index (χ1v) is 7.76. The van der Waals surface area contributed by atoms with Crippen molar-refractivity contribution in [3.8, 4) is 0 Å². The number of hydrogen-bond acceptors (Lipinski definition) is 3. The maximum absolute atomic E-state index is 6.46. The third kappa shape index (κ3) is 2.87. The summed E-state index contributed by atoms with van der Waals surface area (Å²) in [5.74, 6) is 1.84. The van der Waals surface area contributed by atoms with Gasteiger partial charge in [0.1, 0.15) is 5.82 Å². The molecule has 1 fully saturated rings. The second-order valence-corrected chi connectivity index (χ2v) is 6.23. The van der Waals surface area contributed by atoms with Crippen LogP contribution in [-0.2, 0) is 12.8 Å². The molecular formula is C15H22ClN3. The van der Waals surface area contributed by atoms with E-state index in [1.54, 1.807) is 0 Å². The normalized spacial score (nSPS) is 21.1. The second-order valence-electron chi connectivity index (χ2n) is 5.82. The monoisotopic (exact) mass is 279 g/mol. The first-order valence-electron chi connectivity index (χ1n) is 7.38. The summed E-state index contributed by atoms with van der Waals surface area (Å²) in [5.41, 5.74) is 2.56. The Morgan fingerprint density at radius 3 is 2.79 bits per heavy atom. The Morgan fingerprint density at radius 1 is 1.26 bits per heavy atom. The van der Waals surface area contributed by atoms with E-state index in [-0.39, 0.29) is 0 Å². The predicted molar refractivity (Wildman–Crippen MR) is 80.1 cm³/mol. The number of fused-ring (bicyclic) bond motifs is 1. The van der Waals surface area contributed by atoms with Crippen molar-refractivity contribution in [1.82, 2.24) is 10.3 Å². The molecule has 0 saturated carbocycles. The van der Waals surface area contributed by atoms with E-state index in [0.29, 0.717) is 0 Å². The summed E-state index contributed by atoms with van der Waals surface area (Å²) in [6, 6.07) is 2.14. The molecule has 104 valence electrons. The fraction of sp³-hybridized carbons (Fsp3) is 0.667. The lowest BCUT2D eigenvalue weighted by atomic mass is 9.99. The highest BCUT2D eigenvalue weighted by Gasteiger charge is 2.21. The smallest absolute Gasteiger partial charge is 0.147 e. The van der Waals surface area contributed by atoms with E-state index >= 15 is 0 Å². The fourth-order valence-electron chi connectivity index (χ4n) is 2.98. The minimum Gasteiger partial charge on any atom is -0.355 e. The van der Waals surface area contributed by atoms with Gasteiger partial charge < -0.3 is 10.2 Å². The molecule has 0 spiro atoms. The van der Waals surface area contributed by atoms with Gasteiger partial charge in [-0.1, -0.05) is 18.5 Å². The summed E-state index contributed by atoms with van der Waals surface area (Å²) in [4.78, 5) is 7.24. The Bertz CT molecular complexity index is 453. The molecule has 1 aromatic rings. The lowest BCUT2D eigenvalue weighted by molar-refractivity contribution is 0.436. The van der Waals surface area contributed by atoms with Crippen LogP contribution in [-0.4, -0.2) is 31.2 Å². The van der Waals surface area contributed by atoms with Gasteiger partial charge >= 0.3 is 0 Å². The van der Waals surface area contributed by atoms with Gasteiger partial charge in [-0.05, 0) is 43.4 Å². The van der Waals surface area contributed by atoms with Crippen LogP contribution in [0, 0.1) is 5.92 Å². The van der Waals surface area contributed by atoms with Crippen molar-refractivity contribution in [2.24, 2.45) is 5.92 Å². The fourth-order valence-corrected chi connectivity index (χ4v) is 3.28. The molecule has 1 aromatic heterocycles. The molecule has 3 heterocycles. The Labute approximate surface area is 120 Å². The molecule has 19 heavy (non-hydrogen) atoms. The van der Waals surface area contributed by atoms with E-state index in [0.717, 1.165) is 55.8 Å². The number of piperidine rings is 1. The minimum atomic E-state index is 0.829.